The molecular weight excluding hydrogens is 188 g/mol. The first-order valence-corrected chi connectivity index (χ1v) is 5.62. The van der Waals surface area contributed by atoms with E-state index in [-0.39, 0.29) is 11.3 Å². The maximum absolute atomic E-state index is 11.9. The van der Waals surface area contributed by atoms with Gasteiger partial charge in [0.05, 0.1) is 0 Å². The van der Waals surface area contributed by atoms with Crippen molar-refractivity contribution in [3.8, 4) is 0 Å². The molecule has 3 heteroatoms. The molecule has 0 saturated heterocycles. The molecule has 90 valence electrons. The summed E-state index contributed by atoms with van der Waals surface area (Å²) in [4.78, 5) is 15.9. The molecule has 0 fully saturated rings. The van der Waals surface area contributed by atoms with Gasteiger partial charge in [-0.3, -0.25) is 4.79 Å². The summed E-state index contributed by atoms with van der Waals surface area (Å²) < 4.78 is 0. The van der Waals surface area contributed by atoms with Gasteiger partial charge in [-0.15, -0.1) is 0 Å². The molecule has 0 aliphatic rings. The Morgan fingerprint density at radius 1 is 1.13 bits per heavy atom. The average Bonchev–Trinajstić information content (AvgIpc) is 2.10. The first-order chi connectivity index (χ1) is 6.66. The Kier molecular flexibility index (Phi) is 5.29. The second kappa shape index (κ2) is 5.50. The van der Waals surface area contributed by atoms with E-state index < -0.39 is 0 Å². The van der Waals surface area contributed by atoms with Crippen molar-refractivity contribution in [1.29, 1.82) is 0 Å². The van der Waals surface area contributed by atoms with Crippen LogP contribution in [0, 0.1) is 5.41 Å². The molecule has 0 atom stereocenters. The second-order valence-electron chi connectivity index (χ2n) is 5.55. The topological polar surface area (TPSA) is 23.6 Å². The summed E-state index contributed by atoms with van der Waals surface area (Å²) in [6.07, 6.45) is 0. The minimum Gasteiger partial charge on any atom is -0.344 e. The zero-order chi connectivity index (χ0) is 12.2. The van der Waals surface area contributed by atoms with E-state index in [9.17, 15) is 4.79 Å². The molecule has 0 rings (SSSR count). The average molecular weight is 214 g/mol. The van der Waals surface area contributed by atoms with Crippen molar-refractivity contribution in [2.75, 3.05) is 27.2 Å². The Balaban J connectivity index is 4.05. The monoisotopic (exact) mass is 214 g/mol. The van der Waals surface area contributed by atoms with Gasteiger partial charge in [0.15, 0.2) is 0 Å². The fourth-order valence-electron chi connectivity index (χ4n) is 1.24. The highest BCUT2D eigenvalue weighted by Gasteiger charge is 2.24. The number of carbonyl (C=O) groups excluding carboxylic acids is 1. The van der Waals surface area contributed by atoms with Gasteiger partial charge in [-0.2, -0.15) is 0 Å². The quantitative estimate of drug-likeness (QED) is 0.713. The molecule has 0 N–H and O–H groups in total. The summed E-state index contributed by atoms with van der Waals surface area (Å²) in [5, 5.41) is 0. The van der Waals surface area contributed by atoms with Gasteiger partial charge in [0.2, 0.25) is 5.91 Å². The Labute approximate surface area is 94.4 Å². The zero-order valence-corrected chi connectivity index (χ0v) is 11.3. The highest BCUT2D eigenvalue weighted by atomic mass is 16.2. The number of nitrogens with zero attached hydrogens (tertiary/aromatic N) is 2. The van der Waals surface area contributed by atoms with E-state index in [0.717, 1.165) is 13.1 Å². The van der Waals surface area contributed by atoms with E-state index in [0.29, 0.717) is 6.04 Å². The van der Waals surface area contributed by atoms with Crippen LogP contribution in [0.25, 0.3) is 0 Å². The lowest BCUT2D eigenvalue weighted by Crippen LogP contribution is -2.41. The van der Waals surface area contributed by atoms with Crippen LogP contribution in [0.5, 0.6) is 0 Å². The molecule has 0 heterocycles. The van der Waals surface area contributed by atoms with Gasteiger partial charge < -0.3 is 9.80 Å². The molecule has 0 radical (unpaired) electrons. The normalized spacial score (nSPS) is 12.3. The van der Waals surface area contributed by atoms with E-state index in [1.165, 1.54) is 0 Å². The number of rotatable bonds is 4. The number of likely N-dealkylation sites (N-methyl/N-ethyl adjacent to an activating group) is 2. The zero-order valence-electron chi connectivity index (χ0n) is 11.3. The number of hydrogen-bond donors (Lipinski definition) is 0. The molecule has 0 aromatic rings. The fraction of sp³-hybridized carbons (Fsp3) is 0.917. The van der Waals surface area contributed by atoms with Gasteiger partial charge in [-0.05, 0) is 20.9 Å². The van der Waals surface area contributed by atoms with Gasteiger partial charge in [-0.25, -0.2) is 0 Å². The van der Waals surface area contributed by atoms with E-state index in [2.05, 4.69) is 25.8 Å². The third-order valence-corrected chi connectivity index (χ3v) is 2.66. The summed E-state index contributed by atoms with van der Waals surface area (Å²) in [6, 6.07) is 0.531. The fourth-order valence-corrected chi connectivity index (χ4v) is 1.24. The maximum atomic E-state index is 11.9. The van der Waals surface area contributed by atoms with Gasteiger partial charge in [0.1, 0.15) is 0 Å². The molecule has 0 unspecified atom stereocenters. The minimum atomic E-state index is -0.273. The van der Waals surface area contributed by atoms with Crippen LogP contribution < -0.4 is 0 Å². The van der Waals surface area contributed by atoms with Crippen LogP contribution in [0.4, 0.5) is 0 Å². The van der Waals surface area contributed by atoms with Crippen molar-refractivity contribution >= 4 is 5.91 Å². The van der Waals surface area contributed by atoms with Crippen LogP contribution in [0.1, 0.15) is 34.6 Å². The summed E-state index contributed by atoms with van der Waals surface area (Å²) in [5.41, 5.74) is -0.273. The lowest BCUT2D eigenvalue weighted by atomic mass is 9.95. The first kappa shape index (κ1) is 14.4. The summed E-state index contributed by atoms with van der Waals surface area (Å²) in [5.74, 6) is 0.208. The Morgan fingerprint density at radius 3 is 1.93 bits per heavy atom. The molecule has 0 bridgehead atoms. The predicted octanol–water partition coefficient (Wildman–Crippen LogP) is 1.83. The summed E-state index contributed by atoms with van der Waals surface area (Å²) in [7, 11) is 3.96. The van der Waals surface area contributed by atoms with Crippen LogP contribution in [0.2, 0.25) is 0 Å². The maximum Gasteiger partial charge on any atom is 0.227 e. The molecule has 0 aliphatic carbocycles. The van der Waals surface area contributed by atoms with Crippen molar-refractivity contribution < 1.29 is 4.79 Å². The second-order valence-corrected chi connectivity index (χ2v) is 5.55. The van der Waals surface area contributed by atoms with Gasteiger partial charge >= 0.3 is 0 Å². The van der Waals surface area contributed by atoms with Gasteiger partial charge in [0, 0.05) is 31.6 Å². The molecular formula is C12H26N2O. The summed E-state index contributed by atoms with van der Waals surface area (Å²) >= 11 is 0. The van der Waals surface area contributed by atoms with E-state index in [1.54, 1.807) is 0 Å². The highest BCUT2D eigenvalue weighted by Crippen LogP contribution is 2.16. The van der Waals surface area contributed by atoms with E-state index >= 15 is 0 Å². The Morgan fingerprint density at radius 2 is 1.60 bits per heavy atom. The van der Waals surface area contributed by atoms with Crippen LogP contribution in [0.15, 0.2) is 0 Å². The molecule has 0 aliphatic heterocycles. The largest absolute Gasteiger partial charge is 0.344 e. The van der Waals surface area contributed by atoms with Crippen molar-refractivity contribution in [3.05, 3.63) is 0 Å². The molecule has 0 spiro atoms. The lowest BCUT2D eigenvalue weighted by Gasteiger charge is -2.29. The molecule has 0 saturated carbocycles. The van der Waals surface area contributed by atoms with Crippen LogP contribution >= 0.6 is 0 Å². The van der Waals surface area contributed by atoms with Crippen molar-refractivity contribution in [1.82, 2.24) is 9.80 Å². The van der Waals surface area contributed by atoms with Gasteiger partial charge in [-0.1, -0.05) is 20.8 Å². The smallest absolute Gasteiger partial charge is 0.227 e. The van der Waals surface area contributed by atoms with E-state index in [4.69, 9.17) is 0 Å². The van der Waals surface area contributed by atoms with Crippen LogP contribution in [-0.2, 0) is 4.79 Å². The SMILES string of the molecule is CC(C)N(C)CCN(C)C(=O)C(C)(C)C. The molecule has 15 heavy (non-hydrogen) atoms. The Hall–Kier alpha value is -0.570. The molecule has 3 nitrogen and oxygen atoms in total. The van der Waals surface area contributed by atoms with Crippen molar-refractivity contribution in [2.24, 2.45) is 5.41 Å². The predicted molar refractivity (Wildman–Crippen MR) is 64.9 cm³/mol. The number of hydrogen-bond acceptors (Lipinski definition) is 2. The third kappa shape index (κ3) is 5.17. The third-order valence-electron chi connectivity index (χ3n) is 2.66. The number of amides is 1. The number of carbonyl (C=O) groups is 1. The van der Waals surface area contributed by atoms with Crippen molar-refractivity contribution in [3.63, 3.8) is 0 Å². The minimum absolute atomic E-state index is 0.208. The van der Waals surface area contributed by atoms with Crippen molar-refractivity contribution in [2.45, 2.75) is 40.7 Å². The highest BCUT2D eigenvalue weighted by molar-refractivity contribution is 5.81. The van der Waals surface area contributed by atoms with Gasteiger partial charge in [0.25, 0.3) is 0 Å². The Bertz CT molecular complexity index is 206. The first-order valence-electron chi connectivity index (χ1n) is 5.62. The molecule has 0 aromatic carbocycles. The molecule has 1 amide bonds. The standard InChI is InChI=1S/C12H26N2O/c1-10(2)13(6)8-9-14(7)11(15)12(3,4)5/h10H,8-9H2,1-7H3. The molecule has 0 aromatic heterocycles. The van der Waals surface area contributed by atoms with Crippen LogP contribution in [0.3, 0.4) is 0 Å². The van der Waals surface area contributed by atoms with Crippen LogP contribution in [-0.4, -0.2) is 48.9 Å². The lowest BCUT2D eigenvalue weighted by molar-refractivity contribution is -0.138. The summed E-state index contributed by atoms with van der Waals surface area (Å²) in [6.45, 7) is 11.9. The van der Waals surface area contributed by atoms with E-state index in [1.807, 2.05) is 32.7 Å².